The van der Waals surface area contributed by atoms with Crippen LogP contribution in [0.3, 0.4) is 0 Å². The average molecular weight is 301 g/mol. The summed E-state index contributed by atoms with van der Waals surface area (Å²) < 4.78 is 10.5. The minimum atomic E-state index is -0.736. The summed E-state index contributed by atoms with van der Waals surface area (Å²) in [6.45, 7) is 4.85. The van der Waals surface area contributed by atoms with Crippen LogP contribution in [0.2, 0.25) is 0 Å². The minimum Gasteiger partial charge on any atom is -0.466 e. The second-order valence-corrected chi connectivity index (χ2v) is 6.16. The van der Waals surface area contributed by atoms with Crippen LogP contribution >= 0.6 is 0 Å². The number of β-amino-alcohol motifs (C(OH)–C–C–N with tert-alkyl or cyclic N) is 1. The van der Waals surface area contributed by atoms with Crippen LogP contribution in [-0.2, 0) is 14.3 Å². The number of hydrogen-bond acceptors (Lipinski definition) is 6. The SMILES string of the molecule is CCOC(=O)C1CCC(O)(CN2CCOC(CO)C2)CC1. The first-order valence-electron chi connectivity index (χ1n) is 7.90. The topological polar surface area (TPSA) is 79.2 Å². The van der Waals surface area contributed by atoms with Gasteiger partial charge >= 0.3 is 5.97 Å². The van der Waals surface area contributed by atoms with Crippen LogP contribution in [0.4, 0.5) is 0 Å². The fourth-order valence-corrected chi connectivity index (χ4v) is 3.26. The van der Waals surface area contributed by atoms with Crippen LogP contribution < -0.4 is 0 Å². The van der Waals surface area contributed by atoms with Gasteiger partial charge in [0, 0.05) is 19.6 Å². The molecule has 6 nitrogen and oxygen atoms in total. The third-order valence-electron chi connectivity index (χ3n) is 4.48. The molecule has 21 heavy (non-hydrogen) atoms. The van der Waals surface area contributed by atoms with E-state index in [0.29, 0.717) is 52.0 Å². The van der Waals surface area contributed by atoms with E-state index in [4.69, 9.17) is 14.6 Å². The molecular weight excluding hydrogens is 274 g/mol. The average Bonchev–Trinajstić information content (AvgIpc) is 2.48. The maximum Gasteiger partial charge on any atom is 0.308 e. The van der Waals surface area contributed by atoms with E-state index < -0.39 is 5.60 Å². The predicted molar refractivity (Wildman–Crippen MR) is 76.8 cm³/mol. The number of carbonyl (C=O) groups excluding carboxylic acids is 1. The summed E-state index contributed by atoms with van der Waals surface area (Å²) >= 11 is 0. The third-order valence-corrected chi connectivity index (χ3v) is 4.48. The largest absolute Gasteiger partial charge is 0.466 e. The smallest absolute Gasteiger partial charge is 0.308 e. The van der Waals surface area contributed by atoms with Gasteiger partial charge in [-0.05, 0) is 32.6 Å². The molecule has 0 radical (unpaired) electrons. The van der Waals surface area contributed by atoms with Gasteiger partial charge in [-0.3, -0.25) is 9.69 Å². The fourth-order valence-electron chi connectivity index (χ4n) is 3.26. The molecule has 1 aliphatic heterocycles. The van der Waals surface area contributed by atoms with Crippen molar-refractivity contribution in [3.05, 3.63) is 0 Å². The van der Waals surface area contributed by atoms with Crippen molar-refractivity contribution in [3.63, 3.8) is 0 Å². The van der Waals surface area contributed by atoms with Crippen LogP contribution in [0.1, 0.15) is 32.6 Å². The van der Waals surface area contributed by atoms with E-state index in [9.17, 15) is 9.90 Å². The first-order valence-corrected chi connectivity index (χ1v) is 7.90. The first-order chi connectivity index (χ1) is 10.1. The summed E-state index contributed by atoms with van der Waals surface area (Å²) in [5.41, 5.74) is -0.736. The molecule has 122 valence electrons. The molecule has 2 rings (SSSR count). The van der Waals surface area contributed by atoms with Crippen LogP contribution in [-0.4, -0.2) is 72.2 Å². The number of carbonyl (C=O) groups is 1. The minimum absolute atomic E-state index is 0.0138. The van der Waals surface area contributed by atoms with Gasteiger partial charge in [0.15, 0.2) is 0 Å². The van der Waals surface area contributed by atoms with Crippen molar-refractivity contribution >= 4 is 5.97 Å². The first kappa shape index (κ1) is 16.7. The molecule has 2 aliphatic rings. The van der Waals surface area contributed by atoms with Gasteiger partial charge in [-0.25, -0.2) is 0 Å². The Labute approximate surface area is 126 Å². The Morgan fingerprint density at radius 2 is 2.14 bits per heavy atom. The molecule has 1 unspecified atom stereocenters. The van der Waals surface area contributed by atoms with Gasteiger partial charge in [0.1, 0.15) is 0 Å². The van der Waals surface area contributed by atoms with Gasteiger partial charge in [0.2, 0.25) is 0 Å². The molecular formula is C15H27NO5. The second kappa shape index (κ2) is 7.54. The van der Waals surface area contributed by atoms with Crippen molar-refractivity contribution in [2.24, 2.45) is 5.92 Å². The zero-order chi connectivity index (χ0) is 15.3. The molecule has 0 aromatic heterocycles. The lowest BCUT2D eigenvalue weighted by Crippen LogP contribution is -2.52. The van der Waals surface area contributed by atoms with E-state index in [1.807, 2.05) is 6.92 Å². The highest BCUT2D eigenvalue weighted by molar-refractivity contribution is 5.72. The normalized spacial score (nSPS) is 34.6. The highest BCUT2D eigenvalue weighted by Gasteiger charge is 2.38. The Bertz CT molecular complexity index is 341. The van der Waals surface area contributed by atoms with Crippen molar-refractivity contribution < 1.29 is 24.5 Å². The van der Waals surface area contributed by atoms with Crippen molar-refractivity contribution in [1.29, 1.82) is 0 Å². The van der Waals surface area contributed by atoms with Crippen molar-refractivity contribution in [3.8, 4) is 0 Å². The van der Waals surface area contributed by atoms with Crippen LogP contribution in [0.5, 0.6) is 0 Å². The molecule has 0 aromatic carbocycles. The highest BCUT2D eigenvalue weighted by atomic mass is 16.5. The Kier molecular flexibility index (Phi) is 5.98. The molecule has 1 saturated carbocycles. The summed E-state index contributed by atoms with van der Waals surface area (Å²) in [5.74, 6) is -0.202. The Morgan fingerprint density at radius 3 is 2.76 bits per heavy atom. The lowest BCUT2D eigenvalue weighted by molar-refractivity contribution is -0.151. The molecule has 0 spiro atoms. The zero-order valence-corrected chi connectivity index (χ0v) is 12.8. The number of rotatable bonds is 5. The van der Waals surface area contributed by atoms with E-state index in [1.165, 1.54) is 0 Å². The van der Waals surface area contributed by atoms with Crippen LogP contribution in [0, 0.1) is 5.92 Å². The molecule has 2 N–H and O–H groups in total. The molecule has 0 aromatic rings. The summed E-state index contributed by atoms with van der Waals surface area (Å²) in [6.07, 6.45) is 2.46. The zero-order valence-electron chi connectivity index (χ0n) is 12.8. The van der Waals surface area contributed by atoms with E-state index in [2.05, 4.69) is 4.90 Å². The number of hydrogen-bond donors (Lipinski definition) is 2. The second-order valence-electron chi connectivity index (χ2n) is 6.16. The number of esters is 1. The van der Waals surface area contributed by atoms with Gasteiger partial charge in [0.05, 0.1) is 37.4 Å². The van der Waals surface area contributed by atoms with E-state index in [0.717, 1.165) is 6.54 Å². The number of aliphatic hydroxyl groups excluding tert-OH is 1. The van der Waals surface area contributed by atoms with Gasteiger partial charge in [0.25, 0.3) is 0 Å². The van der Waals surface area contributed by atoms with Gasteiger partial charge < -0.3 is 19.7 Å². The Hall–Kier alpha value is -0.690. The van der Waals surface area contributed by atoms with Crippen molar-refractivity contribution in [1.82, 2.24) is 4.90 Å². The van der Waals surface area contributed by atoms with Crippen LogP contribution in [0.15, 0.2) is 0 Å². The standard InChI is InChI=1S/C15H27NO5/c1-2-20-14(18)12-3-5-15(19,6-4-12)11-16-7-8-21-13(9-16)10-17/h12-13,17,19H,2-11H2,1H3. The Balaban J connectivity index is 1.80. The quantitative estimate of drug-likeness (QED) is 0.705. The number of aliphatic hydroxyl groups is 2. The molecule has 2 fully saturated rings. The number of nitrogens with zero attached hydrogens (tertiary/aromatic N) is 1. The molecule has 1 atom stereocenters. The predicted octanol–water partition coefficient (Wildman–Crippen LogP) is 0.164. The van der Waals surface area contributed by atoms with Crippen molar-refractivity contribution in [2.75, 3.05) is 39.5 Å². The molecule has 0 amide bonds. The number of morpholine rings is 1. The lowest BCUT2D eigenvalue weighted by atomic mass is 9.78. The summed E-state index contributed by atoms with van der Waals surface area (Å²) in [5, 5.41) is 19.9. The lowest BCUT2D eigenvalue weighted by Gasteiger charge is -2.41. The van der Waals surface area contributed by atoms with Gasteiger partial charge in [-0.1, -0.05) is 0 Å². The van der Waals surface area contributed by atoms with E-state index >= 15 is 0 Å². The fraction of sp³-hybridized carbons (Fsp3) is 0.933. The van der Waals surface area contributed by atoms with Gasteiger partial charge in [-0.2, -0.15) is 0 Å². The van der Waals surface area contributed by atoms with Crippen LogP contribution in [0.25, 0.3) is 0 Å². The molecule has 1 heterocycles. The Morgan fingerprint density at radius 1 is 1.43 bits per heavy atom. The van der Waals surface area contributed by atoms with E-state index in [-0.39, 0.29) is 24.6 Å². The number of ether oxygens (including phenoxy) is 2. The maximum atomic E-state index is 11.7. The highest BCUT2D eigenvalue weighted by Crippen LogP contribution is 2.33. The molecule has 6 heteroatoms. The summed E-state index contributed by atoms with van der Waals surface area (Å²) in [4.78, 5) is 13.9. The summed E-state index contributed by atoms with van der Waals surface area (Å²) in [7, 11) is 0. The third kappa shape index (κ3) is 4.64. The monoisotopic (exact) mass is 301 g/mol. The molecule has 1 aliphatic carbocycles. The molecule has 0 bridgehead atoms. The van der Waals surface area contributed by atoms with Gasteiger partial charge in [-0.15, -0.1) is 0 Å². The van der Waals surface area contributed by atoms with E-state index in [1.54, 1.807) is 0 Å². The van der Waals surface area contributed by atoms with Crippen molar-refractivity contribution in [2.45, 2.75) is 44.3 Å². The maximum absolute atomic E-state index is 11.7. The molecule has 1 saturated heterocycles. The summed E-state index contributed by atoms with van der Waals surface area (Å²) in [6, 6.07) is 0.